The van der Waals surface area contributed by atoms with Crippen LogP contribution in [0.1, 0.15) is 48.7 Å². The minimum absolute atomic E-state index is 0.238. The molecule has 0 atom stereocenters. The summed E-state index contributed by atoms with van der Waals surface area (Å²) in [5.41, 5.74) is 0.360. The Morgan fingerprint density at radius 1 is 1.47 bits per heavy atom. The monoisotopic (exact) mass is 264 g/mol. The molecule has 1 aliphatic carbocycles. The van der Waals surface area contributed by atoms with Gasteiger partial charge in [-0.15, -0.1) is 0 Å². The molecule has 1 aromatic rings. The lowest BCUT2D eigenvalue weighted by Gasteiger charge is -2.36. The largest absolute Gasteiger partial charge is 0.478 e. The molecule has 0 unspecified atom stereocenters. The van der Waals surface area contributed by atoms with E-state index in [2.05, 4.69) is 10.3 Å². The van der Waals surface area contributed by atoms with Crippen LogP contribution in [0.15, 0.2) is 12.1 Å². The zero-order valence-corrected chi connectivity index (χ0v) is 11.1. The fourth-order valence-electron chi connectivity index (χ4n) is 2.20. The van der Waals surface area contributed by atoms with Crippen molar-refractivity contribution in [3.05, 3.63) is 23.4 Å². The van der Waals surface area contributed by atoms with Gasteiger partial charge in [-0.25, -0.2) is 9.78 Å². The summed E-state index contributed by atoms with van der Waals surface area (Å²) in [7, 11) is 0. The number of anilines is 1. The number of aliphatic hydroxyl groups is 1. The molecule has 5 heteroatoms. The van der Waals surface area contributed by atoms with Crippen LogP contribution in [0.3, 0.4) is 0 Å². The number of aromatic carboxylic acids is 1. The van der Waals surface area contributed by atoms with Crippen molar-refractivity contribution < 1.29 is 15.0 Å². The summed E-state index contributed by atoms with van der Waals surface area (Å²) < 4.78 is 0. The molecular weight excluding hydrogens is 244 g/mol. The van der Waals surface area contributed by atoms with Gasteiger partial charge >= 0.3 is 5.97 Å². The van der Waals surface area contributed by atoms with Crippen LogP contribution in [0.5, 0.6) is 0 Å². The Kier molecular flexibility index (Phi) is 4.04. The molecule has 19 heavy (non-hydrogen) atoms. The second-order valence-electron chi connectivity index (χ2n) is 5.22. The summed E-state index contributed by atoms with van der Waals surface area (Å²) in [6.07, 6.45) is 4.29. The molecule has 1 aliphatic rings. The lowest BCUT2D eigenvalue weighted by molar-refractivity contribution is -0.0202. The standard InChI is InChI=1S/C14H20N2O3/c1-2-4-11-7-10(13(17)18)8-12(16-11)15-9-14(19)5-3-6-14/h7-8,19H,2-6,9H2,1H3,(H,15,16)(H,17,18). The lowest BCUT2D eigenvalue weighted by atomic mass is 9.80. The number of hydrogen-bond donors (Lipinski definition) is 3. The first-order valence-electron chi connectivity index (χ1n) is 6.73. The number of pyridine rings is 1. The summed E-state index contributed by atoms with van der Waals surface area (Å²) in [6.45, 7) is 2.45. The number of hydrogen-bond acceptors (Lipinski definition) is 4. The molecule has 0 aliphatic heterocycles. The highest BCUT2D eigenvalue weighted by molar-refractivity contribution is 5.88. The molecule has 0 bridgehead atoms. The molecule has 1 fully saturated rings. The zero-order valence-electron chi connectivity index (χ0n) is 11.1. The molecular formula is C14H20N2O3. The van der Waals surface area contributed by atoms with Crippen molar-refractivity contribution in [2.24, 2.45) is 0 Å². The topological polar surface area (TPSA) is 82.5 Å². The van der Waals surface area contributed by atoms with E-state index in [1.807, 2.05) is 6.92 Å². The van der Waals surface area contributed by atoms with E-state index in [0.29, 0.717) is 12.4 Å². The first-order chi connectivity index (χ1) is 9.02. The number of nitrogens with zero attached hydrogens (tertiary/aromatic N) is 1. The quantitative estimate of drug-likeness (QED) is 0.732. The molecule has 5 nitrogen and oxygen atoms in total. The Hall–Kier alpha value is -1.62. The van der Waals surface area contributed by atoms with Crippen LogP contribution in [-0.4, -0.2) is 33.3 Å². The summed E-state index contributed by atoms with van der Waals surface area (Å²) in [5, 5.41) is 22.2. The maximum absolute atomic E-state index is 11.1. The van der Waals surface area contributed by atoms with Crippen LogP contribution in [0.4, 0.5) is 5.82 Å². The van der Waals surface area contributed by atoms with Crippen molar-refractivity contribution in [3.8, 4) is 0 Å². The average molecular weight is 264 g/mol. The van der Waals surface area contributed by atoms with E-state index >= 15 is 0 Å². The summed E-state index contributed by atoms with van der Waals surface area (Å²) >= 11 is 0. The third kappa shape index (κ3) is 3.44. The van der Waals surface area contributed by atoms with Crippen molar-refractivity contribution in [1.82, 2.24) is 4.98 Å². The van der Waals surface area contributed by atoms with Crippen LogP contribution in [0.25, 0.3) is 0 Å². The van der Waals surface area contributed by atoms with E-state index in [0.717, 1.165) is 37.8 Å². The fraction of sp³-hybridized carbons (Fsp3) is 0.571. The molecule has 0 radical (unpaired) electrons. The zero-order chi connectivity index (χ0) is 13.9. The van der Waals surface area contributed by atoms with Crippen LogP contribution in [0, 0.1) is 0 Å². The predicted molar refractivity (Wildman–Crippen MR) is 72.5 cm³/mol. The van der Waals surface area contributed by atoms with E-state index in [1.165, 1.54) is 6.07 Å². The maximum atomic E-state index is 11.1. The lowest BCUT2D eigenvalue weighted by Crippen LogP contribution is -2.43. The van der Waals surface area contributed by atoms with E-state index in [-0.39, 0.29) is 5.56 Å². The van der Waals surface area contributed by atoms with Gasteiger partial charge in [0.2, 0.25) is 0 Å². The normalized spacial score (nSPS) is 16.7. The molecule has 1 saturated carbocycles. The highest BCUT2D eigenvalue weighted by Gasteiger charge is 2.34. The summed E-state index contributed by atoms with van der Waals surface area (Å²) in [4.78, 5) is 15.5. The van der Waals surface area contributed by atoms with Gasteiger partial charge in [0.1, 0.15) is 5.82 Å². The molecule has 2 rings (SSSR count). The molecule has 3 N–H and O–H groups in total. The third-order valence-corrected chi connectivity index (χ3v) is 3.51. The minimum Gasteiger partial charge on any atom is -0.478 e. The van der Waals surface area contributed by atoms with Crippen molar-refractivity contribution in [3.63, 3.8) is 0 Å². The number of carboxylic acids is 1. The van der Waals surface area contributed by atoms with Crippen molar-refractivity contribution in [2.75, 3.05) is 11.9 Å². The van der Waals surface area contributed by atoms with Gasteiger partial charge in [-0.1, -0.05) is 13.3 Å². The Balaban J connectivity index is 2.11. The first-order valence-corrected chi connectivity index (χ1v) is 6.73. The summed E-state index contributed by atoms with van der Waals surface area (Å²) in [6, 6.07) is 3.12. The predicted octanol–water partition coefficient (Wildman–Crippen LogP) is 2.06. The molecule has 0 saturated heterocycles. The number of carboxylic acid groups (broad SMARTS) is 1. The van der Waals surface area contributed by atoms with E-state index in [1.54, 1.807) is 6.07 Å². The number of carbonyl (C=O) groups is 1. The molecule has 0 amide bonds. The Bertz CT molecular complexity index is 470. The third-order valence-electron chi connectivity index (χ3n) is 3.51. The number of aromatic nitrogens is 1. The number of nitrogens with one attached hydrogen (secondary N) is 1. The van der Waals surface area contributed by atoms with Gasteiger partial charge in [-0.2, -0.15) is 0 Å². The van der Waals surface area contributed by atoms with Crippen LogP contribution in [-0.2, 0) is 6.42 Å². The SMILES string of the molecule is CCCc1cc(C(=O)O)cc(NCC2(O)CCC2)n1. The van der Waals surface area contributed by atoms with Crippen molar-refractivity contribution in [1.29, 1.82) is 0 Å². The second kappa shape index (κ2) is 5.57. The molecule has 104 valence electrons. The van der Waals surface area contributed by atoms with Gasteiger partial charge in [0.05, 0.1) is 11.2 Å². The van der Waals surface area contributed by atoms with Gasteiger partial charge < -0.3 is 15.5 Å². The molecule has 1 heterocycles. The van der Waals surface area contributed by atoms with Gasteiger partial charge in [-0.3, -0.25) is 0 Å². The van der Waals surface area contributed by atoms with Gasteiger partial charge in [-0.05, 0) is 37.8 Å². The Morgan fingerprint density at radius 2 is 2.21 bits per heavy atom. The molecule has 0 spiro atoms. The van der Waals surface area contributed by atoms with E-state index in [9.17, 15) is 9.90 Å². The number of aryl methyl sites for hydroxylation is 1. The van der Waals surface area contributed by atoms with Gasteiger partial charge in [0.15, 0.2) is 0 Å². The average Bonchev–Trinajstić information content (AvgIpc) is 2.34. The van der Waals surface area contributed by atoms with Gasteiger partial charge in [0.25, 0.3) is 0 Å². The van der Waals surface area contributed by atoms with Crippen molar-refractivity contribution in [2.45, 2.75) is 44.6 Å². The molecule has 0 aromatic carbocycles. The fourth-order valence-corrected chi connectivity index (χ4v) is 2.20. The minimum atomic E-state index is -0.954. The first kappa shape index (κ1) is 13.8. The Morgan fingerprint density at radius 3 is 2.74 bits per heavy atom. The smallest absolute Gasteiger partial charge is 0.335 e. The van der Waals surface area contributed by atoms with E-state index in [4.69, 9.17) is 5.11 Å². The highest BCUT2D eigenvalue weighted by Crippen LogP contribution is 2.31. The summed E-state index contributed by atoms with van der Waals surface area (Å²) in [5.74, 6) is -0.422. The molecule has 1 aromatic heterocycles. The Labute approximate surface area is 112 Å². The van der Waals surface area contributed by atoms with Crippen molar-refractivity contribution >= 4 is 11.8 Å². The highest BCUT2D eigenvalue weighted by atomic mass is 16.4. The van der Waals surface area contributed by atoms with Crippen LogP contribution in [0.2, 0.25) is 0 Å². The number of rotatable bonds is 6. The van der Waals surface area contributed by atoms with Gasteiger partial charge in [0, 0.05) is 12.2 Å². The van der Waals surface area contributed by atoms with Crippen LogP contribution >= 0.6 is 0 Å². The van der Waals surface area contributed by atoms with E-state index < -0.39 is 11.6 Å². The maximum Gasteiger partial charge on any atom is 0.335 e. The second-order valence-corrected chi connectivity index (χ2v) is 5.22. The van der Waals surface area contributed by atoms with Crippen LogP contribution < -0.4 is 5.32 Å².